The molecule has 3 heteroatoms. The Morgan fingerprint density at radius 2 is 1.92 bits per heavy atom. The molecule has 0 aromatic carbocycles. The number of piperidine rings is 1. The zero-order chi connectivity index (χ0) is 8.55. The number of nitrogens with one attached hydrogen (secondary N) is 3. The van der Waals surface area contributed by atoms with Gasteiger partial charge in [0.15, 0.2) is 0 Å². The average molecular weight is 169 g/mol. The first-order valence-electron chi connectivity index (χ1n) is 5.00. The minimum atomic E-state index is 0.528. The van der Waals surface area contributed by atoms with Crippen molar-refractivity contribution in [1.82, 2.24) is 16.0 Å². The van der Waals surface area contributed by atoms with Gasteiger partial charge in [-0.3, -0.25) is 10.6 Å². The fraction of sp³-hybridized carbons (Fsp3) is 1.00. The number of rotatable bonds is 1. The maximum Gasteiger partial charge on any atom is 0.0601 e. The van der Waals surface area contributed by atoms with Crippen LogP contribution >= 0.6 is 0 Å². The van der Waals surface area contributed by atoms with E-state index in [0.29, 0.717) is 24.2 Å². The van der Waals surface area contributed by atoms with Gasteiger partial charge in [-0.2, -0.15) is 0 Å². The normalized spacial score (nSPS) is 41.8. The van der Waals surface area contributed by atoms with E-state index in [1.807, 2.05) is 0 Å². The quantitative estimate of drug-likeness (QED) is 0.513. The first kappa shape index (κ1) is 8.48. The van der Waals surface area contributed by atoms with Gasteiger partial charge in [0.1, 0.15) is 0 Å². The van der Waals surface area contributed by atoms with Crippen molar-refractivity contribution in [2.24, 2.45) is 5.92 Å². The lowest BCUT2D eigenvalue weighted by Gasteiger charge is -2.24. The van der Waals surface area contributed by atoms with E-state index in [9.17, 15) is 0 Å². The van der Waals surface area contributed by atoms with Crippen molar-refractivity contribution in [2.75, 3.05) is 13.1 Å². The first-order chi connectivity index (χ1) is 5.77. The summed E-state index contributed by atoms with van der Waals surface area (Å²) in [7, 11) is 0. The van der Waals surface area contributed by atoms with Crippen LogP contribution in [0, 0.1) is 5.92 Å². The van der Waals surface area contributed by atoms with Gasteiger partial charge in [0.2, 0.25) is 0 Å². The predicted molar refractivity (Wildman–Crippen MR) is 50.0 cm³/mol. The van der Waals surface area contributed by atoms with E-state index < -0.39 is 0 Å². The van der Waals surface area contributed by atoms with Gasteiger partial charge < -0.3 is 5.32 Å². The lowest BCUT2D eigenvalue weighted by atomic mass is 10.0. The molecular weight excluding hydrogens is 150 g/mol. The van der Waals surface area contributed by atoms with E-state index in [1.54, 1.807) is 0 Å². The second-order valence-corrected chi connectivity index (χ2v) is 4.26. The van der Waals surface area contributed by atoms with Crippen LogP contribution in [0.2, 0.25) is 0 Å². The van der Waals surface area contributed by atoms with Crippen molar-refractivity contribution in [1.29, 1.82) is 0 Å². The molecule has 3 N–H and O–H groups in total. The molecule has 0 saturated carbocycles. The Kier molecular flexibility index (Phi) is 2.35. The van der Waals surface area contributed by atoms with Gasteiger partial charge in [-0.1, -0.05) is 13.8 Å². The maximum absolute atomic E-state index is 3.64. The number of hydrogen-bond donors (Lipinski definition) is 3. The summed E-state index contributed by atoms with van der Waals surface area (Å²) in [6.07, 6.45) is 1.79. The lowest BCUT2D eigenvalue weighted by Crippen LogP contribution is -2.48. The molecule has 0 spiro atoms. The molecule has 3 atom stereocenters. The van der Waals surface area contributed by atoms with Gasteiger partial charge in [-0.25, -0.2) is 0 Å². The molecule has 0 aromatic rings. The van der Waals surface area contributed by atoms with Crippen LogP contribution in [-0.2, 0) is 0 Å². The SMILES string of the molecule is CC(C)C1NC2CCNCC2N1. The molecule has 12 heavy (non-hydrogen) atoms. The molecule has 2 aliphatic rings. The second-order valence-electron chi connectivity index (χ2n) is 4.26. The Balaban J connectivity index is 1.94. The van der Waals surface area contributed by atoms with E-state index in [4.69, 9.17) is 0 Å². The summed E-state index contributed by atoms with van der Waals surface area (Å²) >= 11 is 0. The summed E-state index contributed by atoms with van der Waals surface area (Å²) in [6, 6.07) is 1.37. The molecule has 2 fully saturated rings. The molecule has 2 rings (SSSR count). The summed E-state index contributed by atoms with van der Waals surface area (Å²) in [5.41, 5.74) is 0. The van der Waals surface area contributed by atoms with Crippen LogP contribution in [0.25, 0.3) is 0 Å². The maximum atomic E-state index is 3.64. The van der Waals surface area contributed by atoms with Crippen LogP contribution in [0.15, 0.2) is 0 Å². The Hall–Kier alpha value is -0.120. The van der Waals surface area contributed by atoms with Gasteiger partial charge in [0, 0.05) is 18.6 Å². The molecule has 2 saturated heterocycles. The zero-order valence-corrected chi connectivity index (χ0v) is 7.93. The van der Waals surface area contributed by atoms with Gasteiger partial charge in [0.25, 0.3) is 0 Å². The standard InChI is InChI=1S/C9H19N3/c1-6(2)9-11-7-3-4-10-5-8(7)12-9/h6-12H,3-5H2,1-2H3. The molecule has 0 amide bonds. The molecule has 0 aromatic heterocycles. The van der Waals surface area contributed by atoms with Crippen molar-refractivity contribution in [2.45, 2.75) is 38.5 Å². The highest BCUT2D eigenvalue weighted by molar-refractivity contribution is 4.97. The van der Waals surface area contributed by atoms with E-state index >= 15 is 0 Å². The van der Waals surface area contributed by atoms with Crippen molar-refractivity contribution >= 4 is 0 Å². The second kappa shape index (κ2) is 3.32. The van der Waals surface area contributed by atoms with E-state index in [2.05, 4.69) is 29.8 Å². The molecule has 70 valence electrons. The summed E-state index contributed by atoms with van der Waals surface area (Å²) < 4.78 is 0. The highest BCUT2D eigenvalue weighted by atomic mass is 15.3. The molecule has 0 radical (unpaired) electrons. The van der Waals surface area contributed by atoms with E-state index in [0.717, 1.165) is 6.54 Å². The van der Waals surface area contributed by atoms with Crippen LogP contribution in [0.4, 0.5) is 0 Å². The monoisotopic (exact) mass is 169 g/mol. The minimum Gasteiger partial charge on any atom is -0.315 e. The first-order valence-corrected chi connectivity index (χ1v) is 5.00. The molecule has 2 aliphatic heterocycles. The summed E-state index contributed by atoms with van der Waals surface area (Å²) in [5, 5.41) is 10.7. The number of hydrogen-bond acceptors (Lipinski definition) is 3. The van der Waals surface area contributed by atoms with Gasteiger partial charge in [-0.15, -0.1) is 0 Å². The van der Waals surface area contributed by atoms with Crippen LogP contribution < -0.4 is 16.0 Å². The summed E-state index contributed by atoms with van der Waals surface area (Å²) in [6.45, 7) is 6.81. The van der Waals surface area contributed by atoms with Crippen molar-refractivity contribution < 1.29 is 0 Å². The zero-order valence-electron chi connectivity index (χ0n) is 7.93. The van der Waals surface area contributed by atoms with E-state index in [1.165, 1.54) is 13.0 Å². The van der Waals surface area contributed by atoms with Crippen LogP contribution in [-0.4, -0.2) is 31.3 Å². The Morgan fingerprint density at radius 1 is 1.17 bits per heavy atom. The minimum absolute atomic E-state index is 0.528. The molecular formula is C9H19N3. The average Bonchev–Trinajstić information content (AvgIpc) is 2.46. The van der Waals surface area contributed by atoms with Gasteiger partial charge >= 0.3 is 0 Å². The predicted octanol–water partition coefficient (Wildman–Crippen LogP) is -0.108. The van der Waals surface area contributed by atoms with Crippen molar-refractivity contribution in [3.8, 4) is 0 Å². The molecule has 3 nitrogen and oxygen atoms in total. The third-order valence-corrected chi connectivity index (χ3v) is 2.94. The molecule has 0 bridgehead atoms. The van der Waals surface area contributed by atoms with Gasteiger partial charge in [-0.05, 0) is 18.9 Å². The lowest BCUT2D eigenvalue weighted by molar-refractivity contribution is 0.391. The smallest absolute Gasteiger partial charge is 0.0601 e. The largest absolute Gasteiger partial charge is 0.315 e. The summed E-state index contributed by atoms with van der Waals surface area (Å²) in [4.78, 5) is 0. The van der Waals surface area contributed by atoms with E-state index in [-0.39, 0.29) is 0 Å². The van der Waals surface area contributed by atoms with Crippen LogP contribution in [0.5, 0.6) is 0 Å². The third-order valence-electron chi connectivity index (χ3n) is 2.94. The fourth-order valence-electron chi connectivity index (χ4n) is 2.13. The van der Waals surface area contributed by atoms with Crippen molar-refractivity contribution in [3.63, 3.8) is 0 Å². The Labute approximate surface area is 74.3 Å². The molecule has 3 unspecified atom stereocenters. The molecule has 2 heterocycles. The Morgan fingerprint density at radius 3 is 2.58 bits per heavy atom. The topological polar surface area (TPSA) is 36.1 Å². The fourth-order valence-corrected chi connectivity index (χ4v) is 2.13. The highest BCUT2D eigenvalue weighted by Crippen LogP contribution is 2.14. The number of fused-ring (bicyclic) bond motifs is 1. The molecule has 0 aliphatic carbocycles. The van der Waals surface area contributed by atoms with Crippen molar-refractivity contribution in [3.05, 3.63) is 0 Å². The highest BCUT2D eigenvalue weighted by Gasteiger charge is 2.35. The van der Waals surface area contributed by atoms with Crippen LogP contribution in [0.3, 0.4) is 0 Å². The van der Waals surface area contributed by atoms with Crippen LogP contribution in [0.1, 0.15) is 20.3 Å². The Bertz CT molecular complexity index is 144. The van der Waals surface area contributed by atoms with Gasteiger partial charge in [0.05, 0.1) is 6.17 Å². The third kappa shape index (κ3) is 1.49. The summed E-state index contributed by atoms with van der Waals surface area (Å²) in [5.74, 6) is 0.690.